The summed E-state index contributed by atoms with van der Waals surface area (Å²) in [4.78, 5) is 0. The monoisotopic (exact) mass is 223 g/mol. The Morgan fingerprint density at radius 1 is 1.19 bits per heavy atom. The molecule has 0 saturated heterocycles. The highest BCUT2D eigenvalue weighted by Gasteiger charge is 1.76. The molecule has 0 aliphatic carbocycles. The molecule has 1 N–H and O–H groups in total. The number of hydrogen-bond donors (Lipinski definition) is 1. The molecule has 0 rings (SSSR count). The summed E-state index contributed by atoms with van der Waals surface area (Å²) in [6.07, 6.45) is 13.1. The van der Waals surface area contributed by atoms with E-state index in [1.807, 2.05) is 59.2 Å². The van der Waals surface area contributed by atoms with Crippen molar-refractivity contribution in [3.63, 3.8) is 0 Å². The molecule has 0 aromatic carbocycles. The maximum atomic E-state index is 3.65. The molecule has 0 aromatic heterocycles. The Balaban J connectivity index is -0.000000289. The van der Waals surface area contributed by atoms with Gasteiger partial charge in [0.25, 0.3) is 0 Å². The smallest absolute Gasteiger partial charge is 0.0166 e. The average Bonchev–Trinajstić information content (AvgIpc) is 2.30. The first kappa shape index (κ1) is 20.3. The molecule has 0 bridgehead atoms. The minimum atomic E-state index is 0.950. The van der Waals surface area contributed by atoms with Gasteiger partial charge in [0.05, 0.1) is 0 Å². The lowest BCUT2D eigenvalue weighted by Crippen LogP contribution is -1.89. The second-order valence-corrected chi connectivity index (χ2v) is 2.86. The molecule has 94 valence electrons. The molecule has 0 saturated carbocycles. The fourth-order valence-corrected chi connectivity index (χ4v) is 0.656. The van der Waals surface area contributed by atoms with Crippen LogP contribution in [0, 0.1) is 0 Å². The van der Waals surface area contributed by atoms with E-state index in [2.05, 4.69) is 31.0 Å². The average molecular weight is 223 g/mol. The Morgan fingerprint density at radius 3 is 2.06 bits per heavy atom. The van der Waals surface area contributed by atoms with Crippen LogP contribution in [0.1, 0.15) is 34.1 Å². The number of allylic oxidation sites excluding steroid dienone is 7. The summed E-state index contributed by atoms with van der Waals surface area (Å²) in [7, 11) is 3.75. The largest absolute Gasteiger partial charge is 0.323 e. The van der Waals surface area contributed by atoms with Crippen molar-refractivity contribution in [3.05, 3.63) is 48.6 Å². The number of hydrogen-bond acceptors (Lipinski definition) is 1. The Morgan fingerprint density at radius 2 is 1.69 bits per heavy atom. The lowest BCUT2D eigenvalue weighted by molar-refractivity contribution is 1.02. The molecule has 0 aromatic rings. The van der Waals surface area contributed by atoms with Crippen molar-refractivity contribution in [3.8, 4) is 0 Å². The van der Waals surface area contributed by atoms with Gasteiger partial charge in [-0.15, -0.1) is 6.58 Å². The summed E-state index contributed by atoms with van der Waals surface area (Å²) in [5.74, 6) is 0. The van der Waals surface area contributed by atoms with Crippen LogP contribution in [-0.2, 0) is 0 Å². The van der Waals surface area contributed by atoms with E-state index in [0.29, 0.717) is 0 Å². The molecule has 0 atom stereocenters. The Kier molecular flexibility index (Phi) is 30.0. The maximum Gasteiger partial charge on any atom is -0.0166 e. The molecule has 0 aliphatic rings. The zero-order valence-electron chi connectivity index (χ0n) is 11.9. The molecular weight excluding hydrogens is 194 g/mol. The third kappa shape index (κ3) is 29.3. The van der Waals surface area contributed by atoms with Crippen molar-refractivity contribution >= 4 is 0 Å². The van der Waals surface area contributed by atoms with Crippen LogP contribution in [-0.4, -0.2) is 14.1 Å². The standard InChI is InChI=1S/C11H16.C2H7N.C2H6/c1-4-6-8-10-11(3)9-7-5-2;1-3-2;1-2/h4-6,8-10H,2,7H2,1,3H3;3H,1-2H3;1-2H3/b6-4?,10-8-,11-9+;;. The lowest BCUT2D eigenvalue weighted by atomic mass is 10.2. The Hall–Kier alpha value is -1.08. The van der Waals surface area contributed by atoms with Crippen LogP contribution in [0.4, 0.5) is 0 Å². The summed E-state index contributed by atoms with van der Waals surface area (Å²) in [6.45, 7) is 11.7. The van der Waals surface area contributed by atoms with Crippen LogP contribution in [0.2, 0.25) is 0 Å². The summed E-state index contributed by atoms with van der Waals surface area (Å²) < 4.78 is 0. The van der Waals surface area contributed by atoms with Crippen LogP contribution >= 0.6 is 0 Å². The predicted octanol–water partition coefficient (Wildman–Crippen LogP) is 4.50. The molecule has 1 heteroatoms. The fourth-order valence-electron chi connectivity index (χ4n) is 0.656. The molecular formula is C15H29N. The lowest BCUT2D eigenvalue weighted by Gasteiger charge is -1.87. The molecule has 0 radical (unpaired) electrons. The summed E-state index contributed by atoms with van der Waals surface area (Å²) in [5, 5.41) is 2.75. The third-order valence-corrected chi connectivity index (χ3v) is 1.27. The van der Waals surface area contributed by atoms with Crippen molar-refractivity contribution in [2.75, 3.05) is 14.1 Å². The van der Waals surface area contributed by atoms with Gasteiger partial charge in [0.1, 0.15) is 0 Å². The zero-order chi connectivity index (χ0) is 13.2. The van der Waals surface area contributed by atoms with Gasteiger partial charge in [0.15, 0.2) is 0 Å². The first-order valence-electron chi connectivity index (χ1n) is 5.88. The summed E-state index contributed by atoms with van der Waals surface area (Å²) in [5.41, 5.74) is 1.28. The van der Waals surface area contributed by atoms with Gasteiger partial charge in [-0.05, 0) is 34.4 Å². The minimum Gasteiger partial charge on any atom is -0.323 e. The van der Waals surface area contributed by atoms with E-state index < -0.39 is 0 Å². The molecule has 0 amide bonds. The van der Waals surface area contributed by atoms with E-state index in [-0.39, 0.29) is 0 Å². The van der Waals surface area contributed by atoms with Crippen LogP contribution in [0.3, 0.4) is 0 Å². The van der Waals surface area contributed by atoms with Crippen LogP contribution in [0.5, 0.6) is 0 Å². The van der Waals surface area contributed by atoms with E-state index in [1.165, 1.54) is 5.57 Å². The topological polar surface area (TPSA) is 12.0 Å². The molecule has 0 heterocycles. The van der Waals surface area contributed by atoms with E-state index in [9.17, 15) is 0 Å². The Bertz CT molecular complexity index is 197. The highest BCUT2D eigenvalue weighted by molar-refractivity contribution is 5.20. The van der Waals surface area contributed by atoms with E-state index in [1.54, 1.807) is 0 Å². The second kappa shape index (κ2) is 23.6. The first-order chi connectivity index (χ1) is 7.72. The highest BCUT2D eigenvalue weighted by atomic mass is 14.7. The maximum absolute atomic E-state index is 3.65. The van der Waals surface area contributed by atoms with Gasteiger partial charge in [-0.3, -0.25) is 0 Å². The summed E-state index contributed by atoms with van der Waals surface area (Å²) in [6, 6.07) is 0. The van der Waals surface area contributed by atoms with Gasteiger partial charge in [0.2, 0.25) is 0 Å². The van der Waals surface area contributed by atoms with E-state index in [4.69, 9.17) is 0 Å². The molecule has 0 aliphatic heterocycles. The predicted molar refractivity (Wildman–Crippen MR) is 78.9 cm³/mol. The van der Waals surface area contributed by atoms with Gasteiger partial charge in [-0.1, -0.05) is 55.9 Å². The molecule has 0 unspecified atom stereocenters. The first-order valence-corrected chi connectivity index (χ1v) is 5.88. The second-order valence-electron chi connectivity index (χ2n) is 2.86. The molecule has 1 nitrogen and oxygen atoms in total. The fraction of sp³-hybridized carbons (Fsp3) is 0.467. The quantitative estimate of drug-likeness (QED) is 0.546. The van der Waals surface area contributed by atoms with Crippen LogP contribution in [0.15, 0.2) is 48.6 Å². The van der Waals surface area contributed by atoms with Gasteiger partial charge < -0.3 is 5.32 Å². The Labute approximate surface area is 103 Å². The van der Waals surface area contributed by atoms with Gasteiger partial charge in [-0.2, -0.15) is 0 Å². The molecule has 0 fully saturated rings. The number of nitrogens with one attached hydrogen (secondary N) is 1. The molecule has 0 spiro atoms. The minimum absolute atomic E-state index is 0.950. The zero-order valence-corrected chi connectivity index (χ0v) is 11.9. The summed E-state index contributed by atoms with van der Waals surface area (Å²) >= 11 is 0. The van der Waals surface area contributed by atoms with Crippen molar-refractivity contribution in [1.82, 2.24) is 5.32 Å². The highest BCUT2D eigenvalue weighted by Crippen LogP contribution is 1.97. The third-order valence-electron chi connectivity index (χ3n) is 1.27. The van der Waals surface area contributed by atoms with Crippen molar-refractivity contribution < 1.29 is 0 Å². The normalized spacial score (nSPS) is 10.5. The van der Waals surface area contributed by atoms with E-state index >= 15 is 0 Å². The molecule has 16 heavy (non-hydrogen) atoms. The van der Waals surface area contributed by atoms with Crippen molar-refractivity contribution in [1.29, 1.82) is 0 Å². The number of rotatable bonds is 4. The van der Waals surface area contributed by atoms with Crippen LogP contribution < -0.4 is 5.32 Å². The van der Waals surface area contributed by atoms with E-state index in [0.717, 1.165) is 6.42 Å². The van der Waals surface area contributed by atoms with Crippen molar-refractivity contribution in [2.45, 2.75) is 34.1 Å². The van der Waals surface area contributed by atoms with Gasteiger partial charge in [0, 0.05) is 0 Å². The van der Waals surface area contributed by atoms with Crippen molar-refractivity contribution in [2.24, 2.45) is 0 Å². The van der Waals surface area contributed by atoms with Gasteiger partial charge in [-0.25, -0.2) is 0 Å². The SMILES string of the molecule is C=CC/C=C(C)/C=C\C=CC.CC.CNC. The van der Waals surface area contributed by atoms with Crippen LogP contribution in [0.25, 0.3) is 0 Å². The van der Waals surface area contributed by atoms with Gasteiger partial charge >= 0.3 is 0 Å².